The van der Waals surface area contributed by atoms with Crippen molar-refractivity contribution in [2.45, 2.75) is 32.5 Å². The number of thioether (sulfide) groups is 1. The van der Waals surface area contributed by atoms with E-state index in [1.165, 1.54) is 16.4 Å². The maximum Gasteiger partial charge on any atom is 0.234 e. The number of benzene rings is 2. The molecule has 2 aromatic carbocycles. The maximum absolute atomic E-state index is 12.1. The Kier molecular flexibility index (Phi) is 6.20. The van der Waals surface area contributed by atoms with Gasteiger partial charge in [0.05, 0.1) is 5.75 Å². The minimum Gasteiger partial charge on any atom is -0.485 e. The molecule has 1 aromatic heterocycles. The molecule has 0 fully saturated rings. The van der Waals surface area contributed by atoms with Gasteiger partial charge in [-0.15, -0.1) is 10.2 Å². The topological polar surface area (TPSA) is 95.1 Å². The molecule has 1 heterocycles. The Labute approximate surface area is 168 Å². The largest absolute Gasteiger partial charge is 0.485 e. The number of nitrogens with two attached hydrogens (primary N) is 1. The van der Waals surface area contributed by atoms with Crippen LogP contribution in [0, 0.1) is 20.8 Å². The Morgan fingerprint density at radius 2 is 1.79 bits per heavy atom. The van der Waals surface area contributed by atoms with Gasteiger partial charge in [0.25, 0.3) is 0 Å². The molecule has 0 aliphatic carbocycles. The predicted molar refractivity (Wildman–Crippen MR) is 111 cm³/mol. The zero-order chi connectivity index (χ0) is 20.1. The van der Waals surface area contributed by atoms with Crippen LogP contribution in [-0.2, 0) is 11.4 Å². The summed E-state index contributed by atoms with van der Waals surface area (Å²) in [5, 5.41) is 11.4. The number of nitrogens with zero attached hydrogens (tertiary/aromatic N) is 3. The molecule has 0 aliphatic rings. The Morgan fingerprint density at radius 3 is 2.46 bits per heavy atom. The van der Waals surface area contributed by atoms with Crippen molar-refractivity contribution in [3.05, 3.63) is 65.0 Å². The predicted octanol–water partition coefficient (Wildman–Crippen LogP) is 3.23. The molecule has 3 rings (SSSR count). The second-order valence-corrected chi connectivity index (χ2v) is 7.42. The van der Waals surface area contributed by atoms with E-state index in [-0.39, 0.29) is 18.3 Å². The van der Waals surface area contributed by atoms with E-state index in [9.17, 15) is 4.79 Å². The summed E-state index contributed by atoms with van der Waals surface area (Å²) in [6, 6.07) is 13.6. The molecule has 0 spiro atoms. The fourth-order valence-electron chi connectivity index (χ4n) is 2.63. The van der Waals surface area contributed by atoms with Crippen molar-refractivity contribution in [3.63, 3.8) is 0 Å². The molecule has 28 heavy (non-hydrogen) atoms. The number of carbonyl (C=O) groups excluding carboxylic acids is 1. The van der Waals surface area contributed by atoms with E-state index in [1.807, 2.05) is 63.2 Å². The number of anilines is 1. The summed E-state index contributed by atoms with van der Waals surface area (Å²) in [5.41, 5.74) is 3.99. The van der Waals surface area contributed by atoms with Crippen LogP contribution in [-0.4, -0.2) is 26.5 Å². The van der Waals surface area contributed by atoms with E-state index >= 15 is 0 Å². The van der Waals surface area contributed by atoms with Crippen LogP contribution in [0.25, 0.3) is 0 Å². The number of hydrogen-bond donors (Lipinski definition) is 2. The molecule has 0 radical (unpaired) electrons. The van der Waals surface area contributed by atoms with Gasteiger partial charge in [0.15, 0.2) is 5.82 Å². The minimum atomic E-state index is -0.134. The summed E-state index contributed by atoms with van der Waals surface area (Å²) in [5.74, 6) is 7.41. The summed E-state index contributed by atoms with van der Waals surface area (Å²) < 4.78 is 7.23. The number of nitrogen functional groups attached to an aromatic ring is 1. The molecule has 3 N–H and O–H groups in total. The van der Waals surface area contributed by atoms with Crippen LogP contribution >= 0.6 is 11.8 Å². The lowest BCUT2D eigenvalue weighted by Gasteiger charge is -2.11. The van der Waals surface area contributed by atoms with Gasteiger partial charge < -0.3 is 15.9 Å². The number of amides is 1. The number of aromatic nitrogens is 3. The van der Waals surface area contributed by atoms with Crippen LogP contribution in [0.5, 0.6) is 5.75 Å². The third-order valence-electron chi connectivity index (χ3n) is 4.16. The molecule has 8 heteroatoms. The van der Waals surface area contributed by atoms with Gasteiger partial charge in [0, 0.05) is 5.69 Å². The summed E-state index contributed by atoms with van der Waals surface area (Å²) in [4.78, 5) is 12.1. The first-order valence-electron chi connectivity index (χ1n) is 8.81. The fourth-order valence-corrected chi connectivity index (χ4v) is 3.31. The number of para-hydroxylation sites is 1. The first-order valence-corrected chi connectivity index (χ1v) is 9.80. The highest BCUT2D eigenvalue weighted by Crippen LogP contribution is 2.23. The van der Waals surface area contributed by atoms with Gasteiger partial charge in [-0.1, -0.05) is 47.7 Å². The summed E-state index contributed by atoms with van der Waals surface area (Å²) in [7, 11) is 0. The van der Waals surface area contributed by atoms with Gasteiger partial charge in [-0.25, -0.2) is 4.68 Å². The number of hydrogen-bond acceptors (Lipinski definition) is 6. The van der Waals surface area contributed by atoms with Crippen molar-refractivity contribution in [1.29, 1.82) is 0 Å². The van der Waals surface area contributed by atoms with E-state index in [0.717, 1.165) is 28.1 Å². The van der Waals surface area contributed by atoms with Crippen LogP contribution in [0.1, 0.15) is 22.5 Å². The molecule has 3 aromatic rings. The first kappa shape index (κ1) is 19.8. The highest BCUT2D eigenvalue weighted by Gasteiger charge is 2.14. The lowest BCUT2D eigenvalue weighted by atomic mass is 10.1. The van der Waals surface area contributed by atoms with Crippen LogP contribution in [0.2, 0.25) is 0 Å². The third-order valence-corrected chi connectivity index (χ3v) is 5.10. The van der Waals surface area contributed by atoms with Crippen molar-refractivity contribution < 1.29 is 9.53 Å². The molecule has 146 valence electrons. The second-order valence-electron chi connectivity index (χ2n) is 6.48. The van der Waals surface area contributed by atoms with Gasteiger partial charge >= 0.3 is 0 Å². The van der Waals surface area contributed by atoms with E-state index < -0.39 is 0 Å². The molecule has 1 amide bonds. The SMILES string of the molecule is Cc1ccc(NC(=O)CSc2nnc(COc3c(C)cccc3C)n2N)cc1. The standard InChI is InChI=1S/C20H23N5O2S/c1-13-7-9-16(10-8-13)22-18(26)12-28-20-24-23-17(25(20)21)11-27-19-14(2)5-4-6-15(19)3/h4-10H,11-12,21H2,1-3H3,(H,22,26). The van der Waals surface area contributed by atoms with Crippen molar-refractivity contribution in [2.24, 2.45) is 0 Å². The van der Waals surface area contributed by atoms with Crippen molar-refractivity contribution in [2.75, 3.05) is 16.9 Å². The molecule has 0 saturated heterocycles. The number of carbonyl (C=O) groups is 1. The Balaban J connectivity index is 1.55. The average molecular weight is 398 g/mol. The van der Waals surface area contributed by atoms with Crippen LogP contribution in [0.15, 0.2) is 47.6 Å². The minimum absolute atomic E-state index is 0.134. The number of aryl methyl sites for hydroxylation is 3. The van der Waals surface area contributed by atoms with E-state index in [4.69, 9.17) is 10.6 Å². The molecule has 7 nitrogen and oxygen atoms in total. The van der Waals surface area contributed by atoms with Crippen molar-refractivity contribution in [3.8, 4) is 5.75 Å². The van der Waals surface area contributed by atoms with E-state index in [0.29, 0.717) is 11.0 Å². The van der Waals surface area contributed by atoms with Crippen LogP contribution < -0.4 is 15.9 Å². The molecule has 0 saturated carbocycles. The van der Waals surface area contributed by atoms with Gasteiger partial charge in [0.2, 0.25) is 11.1 Å². The first-order chi connectivity index (χ1) is 13.4. The number of ether oxygens (including phenoxy) is 1. The van der Waals surface area contributed by atoms with Crippen LogP contribution in [0.3, 0.4) is 0 Å². The molecular weight excluding hydrogens is 374 g/mol. The molecule has 0 unspecified atom stereocenters. The summed E-state index contributed by atoms with van der Waals surface area (Å²) >= 11 is 1.22. The Hall–Kier alpha value is -3.00. The lowest BCUT2D eigenvalue weighted by Crippen LogP contribution is -2.18. The van der Waals surface area contributed by atoms with Gasteiger partial charge in [-0.05, 0) is 44.0 Å². The Morgan fingerprint density at radius 1 is 1.11 bits per heavy atom. The Bertz CT molecular complexity index is 949. The molecule has 0 bridgehead atoms. The lowest BCUT2D eigenvalue weighted by molar-refractivity contribution is -0.113. The normalized spacial score (nSPS) is 10.7. The van der Waals surface area contributed by atoms with Crippen molar-refractivity contribution >= 4 is 23.4 Å². The zero-order valence-corrected chi connectivity index (χ0v) is 16.9. The second kappa shape index (κ2) is 8.79. The highest BCUT2D eigenvalue weighted by atomic mass is 32.2. The van der Waals surface area contributed by atoms with Crippen molar-refractivity contribution in [1.82, 2.24) is 14.9 Å². The molecule has 0 atom stereocenters. The summed E-state index contributed by atoms with van der Waals surface area (Å²) in [6.07, 6.45) is 0. The van der Waals surface area contributed by atoms with E-state index in [1.54, 1.807) is 0 Å². The van der Waals surface area contributed by atoms with Gasteiger partial charge in [-0.2, -0.15) is 0 Å². The maximum atomic E-state index is 12.1. The average Bonchev–Trinajstić information content (AvgIpc) is 3.01. The number of nitrogens with one attached hydrogen (secondary N) is 1. The number of rotatable bonds is 7. The molecule has 0 aliphatic heterocycles. The molecular formula is C20H23N5O2S. The van der Waals surface area contributed by atoms with Crippen LogP contribution in [0.4, 0.5) is 5.69 Å². The summed E-state index contributed by atoms with van der Waals surface area (Å²) in [6.45, 7) is 6.18. The quantitative estimate of drug-likeness (QED) is 0.469. The van der Waals surface area contributed by atoms with Gasteiger partial charge in [-0.3, -0.25) is 4.79 Å². The highest BCUT2D eigenvalue weighted by molar-refractivity contribution is 7.99. The smallest absolute Gasteiger partial charge is 0.234 e. The van der Waals surface area contributed by atoms with E-state index in [2.05, 4.69) is 15.5 Å². The fraction of sp³-hybridized carbons (Fsp3) is 0.250. The monoisotopic (exact) mass is 397 g/mol. The van der Waals surface area contributed by atoms with Gasteiger partial charge in [0.1, 0.15) is 12.4 Å². The zero-order valence-electron chi connectivity index (χ0n) is 16.1. The third kappa shape index (κ3) is 4.83.